The number of ether oxygens (including phenoxy) is 1. The lowest BCUT2D eigenvalue weighted by Crippen LogP contribution is -2.44. The fourth-order valence-electron chi connectivity index (χ4n) is 1.09. The molecule has 74 valence electrons. The van der Waals surface area contributed by atoms with Crippen molar-refractivity contribution >= 4 is 17.4 Å². The highest BCUT2D eigenvalue weighted by Gasteiger charge is 2.37. The van der Waals surface area contributed by atoms with Crippen LogP contribution in [0.4, 0.5) is 0 Å². The molecule has 0 radical (unpaired) electrons. The number of alkyl halides is 1. The standard InChI is InChI=1S/C8H11ClO4/c1-2-13-5-3-4(10)7(11)8(12)6(5)9/h3,6-8,11-12H,2H2,1H3/t6-,7+,8-/m1/s1. The number of halogens is 1. The van der Waals surface area contributed by atoms with E-state index in [4.69, 9.17) is 21.4 Å². The zero-order valence-corrected chi connectivity index (χ0v) is 7.86. The van der Waals surface area contributed by atoms with E-state index >= 15 is 0 Å². The zero-order chi connectivity index (χ0) is 10.0. The maximum absolute atomic E-state index is 11.0. The van der Waals surface area contributed by atoms with Gasteiger partial charge in [0.1, 0.15) is 23.3 Å². The van der Waals surface area contributed by atoms with Gasteiger partial charge in [-0.25, -0.2) is 0 Å². The van der Waals surface area contributed by atoms with Crippen LogP contribution >= 0.6 is 11.6 Å². The minimum atomic E-state index is -1.44. The topological polar surface area (TPSA) is 66.8 Å². The highest BCUT2D eigenvalue weighted by molar-refractivity contribution is 6.23. The summed E-state index contributed by atoms with van der Waals surface area (Å²) in [5, 5.41) is 17.6. The first-order chi connectivity index (χ1) is 6.07. The van der Waals surface area contributed by atoms with Gasteiger partial charge in [-0.05, 0) is 6.92 Å². The molecule has 0 saturated heterocycles. The molecule has 5 heteroatoms. The van der Waals surface area contributed by atoms with E-state index in [1.807, 2.05) is 0 Å². The molecule has 0 spiro atoms. The summed E-state index contributed by atoms with van der Waals surface area (Å²) in [6, 6.07) is 0. The van der Waals surface area contributed by atoms with E-state index in [9.17, 15) is 9.90 Å². The molecule has 4 nitrogen and oxygen atoms in total. The monoisotopic (exact) mass is 206 g/mol. The molecular weight excluding hydrogens is 196 g/mol. The SMILES string of the molecule is CCOC1=CC(=O)[C@H](O)[C@H](O)[C@@H]1Cl. The average Bonchev–Trinajstić information content (AvgIpc) is 2.11. The number of aliphatic hydroxyl groups excluding tert-OH is 2. The fraction of sp³-hybridized carbons (Fsp3) is 0.625. The van der Waals surface area contributed by atoms with Gasteiger partial charge in [0, 0.05) is 6.08 Å². The van der Waals surface area contributed by atoms with Crippen LogP contribution < -0.4 is 0 Å². The minimum absolute atomic E-state index is 0.215. The van der Waals surface area contributed by atoms with Crippen molar-refractivity contribution in [2.75, 3.05) is 6.61 Å². The van der Waals surface area contributed by atoms with Crippen molar-refractivity contribution in [3.8, 4) is 0 Å². The Kier molecular flexibility index (Phi) is 3.30. The van der Waals surface area contributed by atoms with E-state index in [1.54, 1.807) is 6.92 Å². The van der Waals surface area contributed by atoms with Gasteiger partial charge < -0.3 is 14.9 Å². The van der Waals surface area contributed by atoms with E-state index in [1.165, 1.54) is 0 Å². The van der Waals surface area contributed by atoms with Gasteiger partial charge in [0.25, 0.3) is 0 Å². The highest BCUT2D eigenvalue weighted by Crippen LogP contribution is 2.23. The number of carbonyl (C=O) groups excluding carboxylic acids is 1. The summed E-state index contributed by atoms with van der Waals surface area (Å²) in [6.07, 6.45) is -1.61. The first-order valence-electron chi connectivity index (χ1n) is 3.96. The minimum Gasteiger partial charge on any atom is -0.496 e. The van der Waals surface area contributed by atoms with Crippen LogP contribution in [0.25, 0.3) is 0 Å². The van der Waals surface area contributed by atoms with E-state index < -0.39 is 23.4 Å². The molecule has 3 atom stereocenters. The van der Waals surface area contributed by atoms with Crippen LogP contribution in [-0.2, 0) is 9.53 Å². The lowest BCUT2D eigenvalue weighted by Gasteiger charge is -2.26. The van der Waals surface area contributed by atoms with Crippen LogP contribution in [0, 0.1) is 0 Å². The van der Waals surface area contributed by atoms with Gasteiger partial charge in [-0.1, -0.05) is 0 Å². The molecule has 0 aromatic rings. The molecule has 0 bridgehead atoms. The number of rotatable bonds is 2. The molecule has 1 rings (SSSR count). The average molecular weight is 207 g/mol. The number of aliphatic hydroxyl groups is 2. The molecule has 0 aromatic heterocycles. The summed E-state index contributed by atoms with van der Waals surface area (Å²) in [7, 11) is 0. The van der Waals surface area contributed by atoms with Crippen molar-refractivity contribution in [1.29, 1.82) is 0 Å². The van der Waals surface area contributed by atoms with Gasteiger partial charge in [-0.15, -0.1) is 11.6 Å². The Morgan fingerprint density at radius 1 is 1.62 bits per heavy atom. The maximum atomic E-state index is 11.0. The van der Waals surface area contributed by atoms with Crippen molar-refractivity contribution in [2.45, 2.75) is 24.5 Å². The van der Waals surface area contributed by atoms with E-state index in [0.717, 1.165) is 6.08 Å². The van der Waals surface area contributed by atoms with Crippen LogP contribution in [0.1, 0.15) is 6.92 Å². The summed E-state index contributed by atoms with van der Waals surface area (Å²) in [5.41, 5.74) is 0. The molecule has 0 saturated carbocycles. The van der Waals surface area contributed by atoms with Gasteiger partial charge in [-0.2, -0.15) is 0 Å². The summed E-state index contributed by atoms with van der Waals surface area (Å²) >= 11 is 5.72. The Morgan fingerprint density at radius 3 is 2.77 bits per heavy atom. The first kappa shape index (κ1) is 10.5. The van der Waals surface area contributed by atoms with Gasteiger partial charge in [0.05, 0.1) is 6.61 Å². The Hall–Kier alpha value is -0.580. The molecular formula is C8H11ClO4. The molecule has 0 heterocycles. The van der Waals surface area contributed by atoms with Crippen LogP contribution in [0.2, 0.25) is 0 Å². The third-order valence-electron chi connectivity index (χ3n) is 1.78. The van der Waals surface area contributed by atoms with E-state index in [2.05, 4.69) is 0 Å². The van der Waals surface area contributed by atoms with Crippen molar-refractivity contribution in [1.82, 2.24) is 0 Å². The van der Waals surface area contributed by atoms with Gasteiger partial charge in [0.15, 0.2) is 5.78 Å². The number of ketones is 1. The van der Waals surface area contributed by atoms with Crippen LogP contribution in [0.5, 0.6) is 0 Å². The normalized spacial score (nSPS) is 34.3. The largest absolute Gasteiger partial charge is 0.496 e. The number of hydrogen-bond acceptors (Lipinski definition) is 4. The zero-order valence-electron chi connectivity index (χ0n) is 7.11. The number of carbonyl (C=O) groups is 1. The third kappa shape index (κ3) is 2.02. The summed E-state index contributed by atoms with van der Waals surface area (Å²) in [6.45, 7) is 2.11. The highest BCUT2D eigenvalue weighted by atomic mass is 35.5. The van der Waals surface area contributed by atoms with Crippen LogP contribution in [-0.4, -0.2) is 40.2 Å². The molecule has 0 aromatic carbocycles. The van der Waals surface area contributed by atoms with Crippen LogP contribution in [0.3, 0.4) is 0 Å². The lowest BCUT2D eigenvalue weighted by molar-refractivity contribution is -0.129. The van der Waals surface area contributed by atoms with Crippen molar-refractivity contribution in [2.24, 2.45) is 0 Å². The molecule has 13 heavy (non-hydrogen) atoms. The van der Waals surface area contributed by atoms with E-state index in [0.29, 0.717) is 6.61 Å². The maximum Gasteiger partial charge on any atom is 0.190 e. The summed E-state index contributed by atoms with van der Waals surface area (Å²) < 4.78 is 5.02. The molecule has 0 fully saturated rings. The Labute approximate surface area is 80.8 Å². The molecule has 0 unspecified atom stereocenters. The summed E-state index contributed by atoms with van der Waals surface area (Å²) in [4.78, 5) is 11.0. The predicted molar refractivity (Wildman–Crippen MR) is 46.4 cm³/mol. The number of hydrogen-bond donors (Lipinski definition) is 2. The third-order valence-corrected chi connectivity index (χ3v) is 2.26. The molecule has 1 aliphatic rings. The van der Waals surface area contributed by atoms with E-state index in [-0.39, 0.29) is 5.76 Å². The summed E-state index contributed by atoms with van der Waals surface area (Å²) in [5.74, 6) is -0.361. The second kappa shape index (κ2) is 4.09. The molecule has 0 amide bonds. The Balaban J connectivity index is 2.84. The van der Waals surface area contributed by atoms with Crippen molar-refractivity contribution in [3.63, 3.8) is 0 Å². The van der Waals surface area contributed by atoms with Crippen LogP contribution in [0.15, 0.2) is 11.8 Å². The fourth-order valence-corrected chi connectivity index (χ4v) is 1.35. The van der Waals surface area contributed by atoms with Crippen molar-refractivity contribution < 1.29 is 19.7 Å². The van der Waals surface area contributed by atoms with Gasteiger partial charge in [0.2, 0.25) is 0 Å². The lowest BCUT2D eigenvalue weighted by atomic mass is 9.98. The van der Waals surface area contributed by atoms with Gasteiger partial charge >= 0.3 is 0 Å². The molecule has 1 aliphatic carbocycles. The molecule has 0 aliphatic heterocycles. The second-order valence-corrected chi connectivity index (χ2v) is 3.19. The predicted octanol–water partition coefficient (Wildman–Crippen LogP) is -0.181. The smallest absolute Gasteiger partial charge is 0.190 e. The second-order valence-electron chi connectivity index (χ2n) is 2.72. The Morgan fingerprint density at radius 2 is 2.23 bits per heavy atom. The molecule has 2 N–H and O–H groups in total. The first-order valence-corrected chi connectivity index (χ1v) is 4.40. The van der Waals surface area contributed by atoms with Crippen molar-refractivity contribution in [3.05, 3.63) is 11.8 Å². The Bertz CT molecular complexity index is 238. The van der Waals surface area contributed by atoms with Gasteiger partial charge in [-0.3, -0.25) is 4.79 Å². The quantitative estimate of drug-likeness (QED) is 0.615.